The lowest BCUT2D eigenvalue weighted by atomic mass is 9.98. The van der Waals surface area contributed by atoms with Crippen LogP contribution in [-0.4, -0.2) is 26.2 Å². The second-order valence-electron chi connectivity index (χ2n) is 8.56. The molecule has 0 saturated carbocycles. The maximum Gasteiger partial charge on any atom is 0.311 e. The number of nitro benzene ring substituents is 2. The molecule has 0 bridgehead atoms. The minimum Gasteiger partial charge on any atom is -0.502 e. The minimum absolute atomic E-state index is 0.131. The van der Waals surface area contributed by atoms with Gasteiger partial charge in [-0.2, -0.15) is 0 Å². The molecule has 0 aliphatic carbocycles. The summed E-state index contributed by atoms with van der Waals surface area (Å²) in [6.45, 7) is 9.37. The van der Waals surface area contributed by atoms with E-state index in [4.69, 9.17) is 9.47 Å². The summed E-state index contributed by atoms with van der Waals surface area (Å²) in [6.07, 6.45) is 7.19. The number of phenolic OH excluding ortho intramolecular Hbond substituents is 1. The zero-order valence-corrected chi connectivity index (χ0v) is 18.4. The van der Waals surface area contributed by atoms with Crippen molar-refractivity contribution >= 4 is 23.5 Å². The van der Waals surface area contributed by atoms with Gasteiger partial charge >= 0.3 is 5.69 Å². The molecule has 32 heavy (non-hydrogen) atoms. The number of aromatic hydroxyl groups is 1. The highest BCUT2D eigenvalue weighted by atomic mass is 16.6. The summed E-state index contributed by atoms with van der Waals surface area (Å²) in [4.78, 5) is 20.4. The van der Waals surface area contributed by atoms with Crippen LogP contribution in [0.5, 0.6) is 17.2 Å². The quantitative estimate of drug-likeness (QED) is 0.478. The zero-order chi connectivity index (χ0) is 23.8. The van der Waals surface area contributed by atoms with E-state index in [9.17, 15) is 25.3 Å². The first-order valence-electron chi connectivity index (χ1n) is 9.86. The van der Waals surface area contributed by atoms with E-state index in [0.717, 1.165) is 5.56 Å². The van der Waals surface area contributed by atoms with Gasteiger partial charge in [0.1, 0.15) is 22.7 Å². The summed E-state index contributed by atoms with van der Waals surface area (Å²) in [5.74, 6) is 0.806. The number of nitro groups is 2. The lowest BCUT2D eigenvalue weighted by Gasteiger charge is -2.28. The summed E-state index contributed by atoms with van der Waals surface area (Å²) in [5.41, 5.74) is 0.806. The van der Waals surface area contributed by atoms with E-state index in [1.165, 1.54) is 18.2 Å². The fraction of sp³-hybridized carbons (Fsp3) is 0.304. The van der Waals surface area contributed by atoms with Crippen molar-refractivity contribution in [3.8, 4) is 17.2 Å². The number of fused-ring (bicyclic) bond motifs is 2. The van der Waals surface area contributed by atoms with Crippen molar-refractivity contribution in [1.82, 2.24) is 0 Å². The maximum absolute atomic E-state index is 10.8. The minimum atomic E-state index is -0.622. The third-order valence-electron chi connectivity index (χ3n) is 5.04. The van der Waals surface area contributed by atoms with E-state index >= 15 is 0 Å². The van der Waals surface area contributed by atoms with Crippen molar-refractivity contribution in [1.29, 1.82) is 0 Å². The Balaban J connectivity index is 0.000000181. The topological polar surface area (TPSA) is 125 Å². The highest BCUT2D eigenvalue weighted by Gasteiger charge is 2.27. The number of nitrogens with zero attached hydrogens (tertiary/aromatic N) is 2. The van der Waals surface area contributed by atoms with Gasteiger partial charge in [0.15, 0.2) is 0 Å². The van der Waals surface area contributed by atoms with Crippen molar-refractivity contribution in [2.45, 2.75) is 45.8 Å². The summed E-state index contributed by atoms with van der Waals surface area (Å²) < 4.78 is 11.3. The predicted molar refractivity (Wildman–Crippen MR) is 120 cm³/mol. The number of hydrogen-bond acceptors (Lipinski definition) is 7. The second-order valence-corrected chi connectivity index (χ2v) is 8.56. The molecule has 9 nitrogen and oxygen atoms in total. The van der Waals surface area contributed by atoms with Crippen LogP contribution in [0.25, 0.3) is 12.2 Å². The Morgan fingerprint density at radius 1 is 0.781 bits per heavy atom. The monoisotopic (exact) mass is 440 g/mol. The van der Waals surface area contributed by atoms with Crippen LogP contribution in [-0.2, 0) is 0 Å². The molecule has 0 spiro atoms. The fourth-order valence-corrected chi connectivity index (χ4v) is 3.36. The number of phenols is 1. The van der Waals surface area contributed by atoms with E-state index in [1.807, 2.05) is 39.8 Å². The molecule has 2 heterocycles. The molecule has 2 aliphatic rings. The van der Waals surface area contributed by atoms with E-state index in [1.54, 1.807) is 25.1 Å². The summed E-state index contributed by atoms with van der Waals surface area (Å²) in [6, 6.07) is 5.89. The predicted octanol–water partition coefficient (Wildman–Crippen LogP) is 5.57. The Kier molecular flexibility index (Phi) is 5.69. The van der Waals surface area contributed by atoms with Gasteiger partial charge in [0, 0.05) is 23.3 Å². The molecule has 2 aromatic carbocycles. The third-order valence-corrected chi connectivity index (χ3v) is 5.04. The van der Waals surface area contributed by atoms with Crippen LogP contribution in [0.15, 0.2) is 36.4 Å². The van der Waals surface area contributed by atoms with E-state index in [-0.39, 0.29) is 27.6 Å². The standard InChI is InChI=1S/C12H13NO3.C11H11NO4/c1-8-9-6-7-12(2,3)16-11(9)5-4-10(8)13(14)15;1-11(2)6-5-7-9(16-11)4-3-8(10(7)13)12(14)15/h4-7H,1-3H3;3-6,13H,1-2H3. The molecular formula is C23H24N2O7. The Labute approximate surface area is 184 Å². The lowest BCUT2D eigenvalue weighted by molar-refractivity contribution is -0.385. The zero-order valence-electron chi connectivity index (χ0n) is 18.4. The molecule has 4 rings (SSSR count). The van der Waals surface area contributed by atoms with Crippen LogP contribution >= 0.6 is 0 Å². The fourth-order valence-electron chi connectivity index (χ4n) is 3.36. The van der Waals surface area contributed by atoms with Gasteiger partial charge in [-0.25, -0.2) is 0 Å². The van der Waals surface area contributed by atoms with Crippen molar-refractivity contribution < 1.29 is 24.4 Å². The summed E-state index contributed by atoms with van der Waals surface area (Å²) in [7, 11) is 0. The molecule has 0 fully saturated rings. The molecular weight excluding hydrogens is 416 g/mol. The van der Waals surface area contributed by atoms with Gasteiger partial charge in [0.25, 0.3) is 5.69 Å². The van der Waals surface area contributed by atoms with Gasteiger partial charge in [0.2, 0.25) is 5.75 Å². The van der Waals surface area contributed by atoms with Crippen molar-refractivity contribution in [2.24, 2.45) is 0 Å². The van der Waals surface area contributed by atoms with Gasteiger partial charge in [0.05, 0.1) is 15.4 Å². The van der Waals surface area contributed by atoms with Crippen LogP contribution in [0.3, 0.4) is 0 Å². The highest BCUT2D eigenvalue weighted by Crippen LogP contribution is 2.41. The Hall–Kier alpha value is -3.88. The molecule has 1 N–H and O–H groups in total. The Morgan fingerprint density at radius 3 is 1.72 bits per heavy atom. The van der Waals surface area contributed by atoms with Gasteiger partial charge in [-0.05, 0) is 65.0 Å². The first-order chi connectivity index (χ1) is 14.8. The number of ether oxygens (including phenoxy) is 2. The average molecular weight is 440 g/mol. The van der Waals surface area contributed by atoms with Crippen LogP contribution in [0.1, 0.15) is 44.4 Å². The molecule has 2 aliphatic heterocycles. The number of benzene rings is 2. The molecule has 9 heteroatoms. The molecule has 2 aromatic rings. The van der Waals surface area contributed by atoms with Gasteiger partial charge in [-0.1, -0.05) is 6.08 Å². The summed E-state index contributed by atoms with van der Waals surface area (Å²) >= 11 is 0. The van der Waals surface area contributed by atoms with Crippen LogP contribution in [0, 0.1) is 27.2 Å². The Morgan fingerprint density at radius 2 is 1.22 bits per heavy atom. The van der Waals surface area contributed by atoms with E-state index in [0.29, 0.717) is 22.6 Å². The van der Waals surface area contributed by atoms with Crippen LogP contribution in [0.4, 0.5) is 11.4 Å². The molecule has 168 valence electrons. The first-order valence-corrected chi connectivity index (χ1v) is 9.86. The average Bonchev–Trinajstić information content (AvgIpc) is 2.66. The lowest BCUT2D eigenvalue weighted by Crippen LogP contribution is -2.27. The van der Waals surface area contributed by atoms with Crippen molar-refractivity contribution in [2.75, 3.05) is 0 Å². The normalized spacial score (nSPS) is 16.4. The Bertz CT molecular complexity index is 1070. The van der Waals surface area contributed by atoms with Crippen molar-refractivity contribution in [3.05, 3.63) is 73.3 Å². The van der Waals surface area contributed by atoms with Crippen molar-refractivity contribution in [3.63, 3.8) is 0 Å². The highest BCUT2D eigenvalue weighted by molar-refractivity contribution is 5.72. The first kappa shape index (κ1) is 22.8. The van der Waals surface area contributed by atoms with E-state index < -0.39 is 10.5 Å². The molecule has 0 unspecified atom stereocenters. The SMILES string of the molecule is CC1(C)C=Cc2c(ccc([N+](=O)[O-])c2O)O1.Cc1c([N+](=O)[O-])ccc2c1C=CC(C)(C)O2. The van der Waals surface area contributed by atoms with Gasteiger partial charge in [-0.3, -0.25) is 20.2 Å². The molecule has 0 aromatic heterocycles. The van der Waals surface area contributed by atoms with Crippen LogP contribution in [0.2, 0.25) is 0 Å². The van der Waals surface area contributed by atoms with Gasteiger partial charge in [-0.15, -0.1) is 0 Å². The molecule has 0 atom stereocenters. The molecule has 0 radical (unpaired) electrons. The third kappa shape index (κ3) is 4.56. The largest absolute Gasteiger partial charge is 0.502 e. The second kappa shape index (κ2) is 7.99. The van der Waals surface area contributed by atoms with Crippen LogP contribution < -0.4 is 9.47 Å². The smallest absolute Gasteiger partial charge is 0.311 e. The number of hydrogen-bond donors (Lipinski definition) is 1. The van der Waals surface area contributed by atoms with E-state index in [2.05, 4.69) is 0 Å². The molecule has 0 amide bonds. The molecule has 0 saturated heterocycles. The number of rotatable bonds is 2. The summed E-state index contributed by atoms with van der Waals surface area (Å²) in [5, 5.41) is 31.1. The van der Waals surface area contributed by atoms with Gasteiger partial charge < -0.3 is 14.6 Å². The maximum atomic E-state index is 10.8.